The van der Waals surface area contributed by atoms with E-state index in [1.54, 1.807) is 12.4 Å². The molecule has 6 heteroatoms. The highest BCUT2D eigenvalue weighted by Crippen LogP contribution is 2.30. The summed E-state index contributed by atoms with van der Waals surface area (Å²) in [6.45, 7) is 6.35. The van der Waals surface area contributed by atoms with Crippen molar-refractivity contribution < 1.29 is 8.78 Å². The smallest absolute Gasteiger partial charge is 0.265 e. The molecular formula is C28H26F2N4. The molecule has 0 aliphatic carbocycles. The molecule has 2 aromatic carbocycles. The fraction of sp³-hybridized carbons (Fsp3) is 0.214. The van der Waals surface area contributed by atoms with E-state index in [0.717, 1.165) is 53.5 Å². The third kappa shape index (κ3) is 4.82. The Hall–Kier alpha value is -3.64. The molecule has 0 unspecified atom stereocenters. The predicted octanol–water partition coefficient (Wildman–Crippen LogP) is 6.78. The van der Waals surface area contributed by atoms with E-state index in [1.807, 2.05) is 24.3 Å². The highest BCUT2D eigenvalue weighted by atomic mass is 19.3. The van der Waals surface area contributed by atoms with Gasteiger partial charge in [-0.15, -0.1) is 0 Å². The van der Waals surface area contributed by atoms with Crippen LogP contribution in [0.15, 0.2) is 79.8 Å². The van der Waals surface area contributed by atoms with Gasteiger partial charge in [0.15, 0.2) is 0 Å². The zero-order valence-corrected chi connectivity index (χ0v) is 18.8. The summed E-state index contributed by atoms with van der Waals surface area (Å²) in [5, 5.41) is 8.67. The number of fused-ring (bicyclic) bond motifs is 1. The molecule has 3 heterocycles. The van der Waals surface area contributed by atoms with Crippen molar-refractivity contribution in [2.45, 2.75) is 25.2 Å². The molecule has 2 aromatic heterocycles. The summed E-state index contributed by atoms with van der Waals surface area (Å²) in [6.07, 6.45) is 4.35. The minimum atomic E-state index is -2.55. The minimum Gasteiger partial charge on any atom is -0.340 e. The third-order valence-electron chi connectivity index (χ3n) is 6.39. The molecule has 34 heavy (non-hydrogen) atoms. The number of hydrogen-bond acceptors (Lipinski definition) is 4. The second kappa shape index (κ2) is 9.69. The lowest BCUT2D eigenvalue weighted by Gasteiger charge is -2.23. The number of pyridine rings is 2. The number of rotatable bonds is 6. The summed E-state index contributed by atoms with van der Waals surface area (Å²) >= 11 is 0. The van der Waals surface area contributed by atoms with Gasteiger partial charge in [-0.25, -0.2) is 13.8 Å². The molecule has 0 atom stereocenters. The average molecular weight is 457 g/mol. The van der Waals surface area contributed by atoms with Crippen LogP contribution in [-0.4, -0.2) is 23.1 Å². The Morgan fingerprint density at radius 3 is 2.62 bits per heavy atom. The first-order valence-electron chi connectivity index (χ1n) is 11.5. The molecule has 4 aromatic rings. The largest absolute Gasteiger partial charge is 0.340 e. The first-order chi connectivity index (χ1) is 16.6. The molecule has 2 N–H and O–H groups in total. The number of benzene rings is 2. The molecule has 1 fully saturated rings. The van der Waals surface area contributed by atoms with Gasteiger partial charge in [0.05, 0.1) is 0 Å². The van der Waals surface area contributed by atoms with Gasteiger partial charge >= 0.3 is 0 Å². The lowest BCUT2D eigenvalue weighted by Crippen LogP contribution is -2.26. The molecule has 172 valence electrons. The van der Waals surface area contributed by atoms with Crippen LogP contribution in [0.3, 0.4) is 0 Å². The van der Waals surface area contributed by atoms with Crippen LogP contribution in [0.1, 0.15) is 41.9 Å². The van der Waals surface area contributed by atoms with Gasteiger partial charge in [-0.05, 0) is 78.2 Å². The molecule has 1 aliphatic heterocycles. The van der Waals surface area contributed by atoms with Crippen LogP contribution in [0.4, 0.5) is 14.6 Å². The molecule has 0 spiro atoms. The van der Waals surface area contributed by atoms with Gasteiger partial charge in [0.2, 0.25) is 0 Å². The topological polar surface area (TPSA) is 49.8 Å². The fourth-order valence-electron chi connectivity index (χ4n) is 4.49. The monoisotopic (exact) mass is 456 g/mol. The van der Waals surface area contributed by atoms with Crippen LogP contribution in [0.2, 0.25) is 0 Å². The first-order valence-corrected chi connectivity index (χ1v) is 11.5. The molecule has 5 rings (SSSR count). The molecule has 0 saturated carbocycles. The maximum Gasteiger partial charge on any atom is 0.265 e. The Kier molecular flexibility index (Phi) is 6.32. The molecular weight excluding hydrogens is 430 g/mol. The van der Waals surface area contributed by atoms with Gasteiger partial charge in [-0.3, -0.25) is 4.98 Å². The van der Waals surface area contributed by atoms with Crippen LogP contribution in [0.5, 0.6) is 0 Å². The maximum absolute atomic E-state index is 13.1. The van der Waals surface area contributed by atoms with Crippen molar-refractivity contribution in [2.75, 3.05) is 18.4 Å². The van der Waals surface area contributed by atoms with Gasteiger partial charge in [-0.1, -0.05) is 36.9 Å². The lowest BCUT2D eigenvalue weighted by molar-refractivity contribution is 0.151. The average Bonchev–Trinajstić information content (AvgIpc) is 2.89. The number of halogens is 2. The van der Waals surface area contributed by atoms with Crippen molar-refractivity contribution in [3.8, 4) is 11.1 Å². The van der Waals surface area contributed by atoms with E-state index in [0.29, 0.717) is 17.3 Å². The summed E-state index contributed by atoms with van der Waals surface area (Å²) < 4.78 is 26.2. The van der Waals surface area contributed by atoms with E-state index in [-0.39, 0.29) is 5.56 Å². The quantitative estimate of drug-likeness (QED) is 0.336. The molecule has 0 amide bonds. The van der Waals surface area contributed by atoms with Crippen molar-refractivity contribution >= 4 is 22.3 Å². The lowest BCUT2D eigenvalue weighted by atomic mass is 9.89. The standard InChI is InChI=1S/C28H26F2N4/c1-18(20-3-2-4-21(11-20)19-7-9-31-10-8-19)34-27-14-24-12-22(5-6-23(24)17-33-27)25-13-26(28(29)30)16-32-15-25/h2-6,11-17,19,28,31H,1,7-10H2,(H,33,34). The number of piperidine rings is 1. The highest BCUT2D eigenvalue weighted by molar-refractivity contribution is 5.89. The number of hydrogen-bond donors (Lipinski definition) is 2. The van der Waals surface area contributed by atoms with E-state index in [9.17, 15) is 8.78 Å². The van der Waals surface area contributed by atoms with Gasteiger partial charge in [0.1, 0.15) is 5.82 Å². The van der Waals surface area contributed by atoms with Crippen LogP contribution in [-0.2, 0) is 0 Å². The SMILES string of the molecule is C=C(Nc1cc2cc(-c3cncc(C(F)F)c3)ccc2cn1)c1cccc(C2CCNCC2)c1. The Bertz CT molecular complexity index is 1330. The molecule has 4 nitrogen and oxygen atoms in total. The van der Waals surface area contributed by atoms with Gasteiger partial charge in [0, 0.05) is 40.8 Å². The van der Waals surface area contributed by atoms with E-state index < -0.39 is 6.43 Å². The van der Waals surface area contributed by atoms with Crippen molar-refractivity contribution in [3.05, 3.63) is 96.5 Å². The summed E-state index contributed by atoms with van der Waals surface area (Å²) in [5.41, 5.74) is 4.57. The molecule has 1 saturated heterocycles. The minimum absolute atomic E-state index is 0.0855. The number of nitrogens with zero attached hydrogens (tertiary/aromatic N) is 2. The summed E-state index contributed by atoms with van der Waals surface area (Å²) in [4.78, 5) is 8.51. The van der Waals surface area contributed by atoms with E-state index in [1.165, 1.54) is 17.8 Å². The highest BCUT2D eigenvalue weighted by Gasteiger charge is 2.16. The second-order valence-electron chi connectivity index (χ2n) is 8.69. The van der Waals surface area contributed by atoms with E-state index in [2.05, 4.69) is 51.4 Å². The summed E-state index contributed by atoms with van der Waals surface area (Å²) in [7, 11) is 0. The van der Waals surface area contributed by atoms with Gasteiger partial charge in [-0.2, -0.15) is 0 Å². The number of alkyl halides is 2. The number of aromatic nitrogens is 2. The maximum atomic E-state index is 13.1. The second-order valence-corrected chi connectivity index (χ2v) is 8.69. The predicted molar refractivity (Wildman–Crippen MR) is 134 cm³/mol. The molecule has 1 aliphatic rings. The third-order valence-corrected chi connectivity index (χ3v) is 6.39. The normalized spacial score (nSPS) is 14.4. The van der Waals surface area contributed by atoms with Crippen molar-refractivity contribution in [3.63, 3.8) is 0 Å². The molecule has 0 radical (unpaired) electrons. The molecule has 0 bridgehead atoms. The Morgan fingerprint density at radius 2 is 1.79 bits per heavy atom. The Labute approximate surface area is 197 Å². The fourth-order valence-corrected chi connectivity index (χ4v) is 4.49. The van der Waals surface area contributed by atoms with Crippen LogP contribution < -0.4 is 10.6 Å². The van der Waals surface area contributed by atoms with E-state index in [4.69, 9.17) is 0 Å². The first kappa shape index (κ1) is 22.2. The Morgan fingerprint density at radius 1 is 0.941 bits per heavy atom. The number of nitrogens with one attached hydrogen (secondary N) is 2. The Balaban J connectivity index is 1.38. The zero-order chi connectivity index (χ0) is 23.5. The van der Waals surface area contributed by atoms with E-state index >= 15 is 0 Å². The number of anilines is 1. The van der Waals surface area contributed by atoms with Crippen LogP contribution in [0, 0.1) is 0 Å². The van der Waals surface area contributed by atoms with Gasteiger partial charge in [0.25, 0.3) is 6.43 Å². The summed E-state index contributed by atoms with van der Waals surface area (Å²) in [6, 6.07) is 17.8. The zero-order valence-electron chi connectivity index (χ0n) is 18.8. The van der Waals surface area contributed by atoms with Crippen molar-refractivity contribution in [2.24, 2.45) is 0 Å². The summed E-state index contributed by atoms with van der Waals surface area (Å²) in [5.74, 6) is 1.26. The van der Waals surface area contributed by atoms with Crippen LogP contribution in [0.25, 0.3) is 27.6 Å². The van der Waals surface area contributed by atoms with Crippen molar-refractivity contribution in [1.29, 1.82) is 0 Å². The van der Waals surface area contributed by atoms with Gasteiger partial charge < -0.3 is 10.6 Å². The van der Waals surface area contributed by atoms with Crippen molar-refractivity contribution in [1.82, 2.24) is 15.3 Å². The van der Waals surface area contributed by atoms with Crippen LogP contribution >= 0.6 is 0 Å².